The van der Waals surface area contributed by atoms with Gasteiger partial charge in [-0.3, -0.25) is 0 Å². The van der Waals surface area contributed by atoms with E-state index in [9.17, 15) is 0 Å². The van der Waals surface area contributed by atoms with Gasteiger partial charge in [0, 0.05) is 30.6 Å². The highest BCUT2D eigenvalue weighted by atomic mass is 15.1. The zero-order valence-electron chi connectivity index (χ0n) is 13.7. The Balaban J connectivity index is 1.81. The maximum atomic E-state index is 4.17. The number of nitrogens with zero attached hydrogens (tertiary/aromatic N) is 1. The molecule has 1 aliphatic heterocycles. The first-order valence-electron chi connectivity index (χ1n) is 8.05. The molecule has 0 saturated heterocycles. The molecule has 3 aromatic rings. The van der Waals surface area contributed by atoms with Crippen molar-refractivity contribution < 1.29 is 0 Å². The van der Waals surface area contributed by atoms with E-state index in [1.807, 2.05) is 19.3 Å². The lowest BCUT2D eigenvalue weighted by Crippen LogP contribution is -2.30. The molecule has 1 aliphatic rings. The number of aromatic nitrogens is 1. The Kier molecular flexibility index (Phi) is 3.62. The van der Waals surface area contributed by atoms with Gasteiger partial charge in [-0.15, -0.1) is 0 Å². The zero-order valence-corrected chi connectivity index (χ0v) is 13.7. The Hall–Kier alpha value is -2.94. The monoisotopic (exact) mass is 309 g/mol. The van der Waals surface area contributed by atoms with Crippen LogP contribution in [0.2, 0.25) is 0 Å². The molecule has 0 amide bonds. The number of benzene rings is 2. The maximum absolute atomic E-state index is 4.17. The molecule has 1 aromatic heterocycles. The molecule has 2 nitrogen and oxygen atoms in total. The van der Waals surface area contributed by atoms with Gasteiger partial charge >= 0.3 is 0 Å². The van der Waals surface area contributed by atoms with Crippen molar-refractivity contribution in [1.82, 2.24) is 9.88 Å². The van der Waals surface area contributed by atoms with E-state index in [0.717, 1.165) is 11.4 Å². The summed E-state index contributed by atoms with van der Waals surface area (Å²) < 4.78 is 0. The molecule has 0 spiro atoms. The average Bonchev–Trinajstić information content (AvgIpc) is 3.10. The van der Waals surface area contributed by atoms with Gasteiger partial charge in [-0.25, -0.2) is 0 Å². The van der Waals surface area contributed by atoms with Crippen LogP contribution >= 0.6 is 0 Å². The first-order valence-corrected chi connectivity index (χ1v) is 8.05. The Morgan fingerprint density at radius 1 is 0.917 bits per heavy atom. The number of aromatic amines is 1. The van der Waals surface area contributed by atoms with Crippen LogP contribution in [0.4, 0.5) is 0 Å². The van der Waals surface area contributed by atoms with Crippen LogP contribution in [-0.2, 0) is 0 Å². The van der Waals surface area contributed by atoms with Crippen molar-refractivity contribution in [2.45, 2.75) is 0 Å². The SMILES string of the molecule is C=C1c2[nH]ccc2C(c2ccccc2[B]c2ccccc2)=CN1C. The molecule has 0 bridgehead atoms. The summed E-state index contributed by atoms with van der Waals surface area (Å²) in [6.07, 6.45) is 4.14. The topological polar surface area (TPSA) is 19.0 Å². The first-order chi connectivity index (χ1) is 11.7. The second kappa shape index (κ2) is 5.93. The fourth-order valence-electron chi connectivity index (χ4n) is 3.16. The van der Waals surface area contributed by atoms with Gasteiger partial charge in [-0.1, -0.05) is 72.1 Å². The van der Waals surface area contributed by atoms with Gasteiger partial charge in [0.05, 0.1) is 11.4 Å². The molecular weight excluding hydrogens is 291 g/mol. The van der Waals surface area contributed by atoms with Crippen LogP contribution in [0.25, 0.3) is 11.3 Å². The molecule has 24 heavy (non-hydrogen) atoms. The lowest BCUT2D eigenvalue weighted by molar-refractivity contribution is 0.650. The summed E-state index contributed by atoms with van der Waals surface area (Å²) in [5, 5.41) is 0. The Morgan fingerprint density at radius 3 is 2.50 bits per heavy atom. The summed E-state index contributed by atoms with van der Waals surface area (Å²) in [7, 11) is 4.27. The van der Waals surface area contributed by atoms with E-state index in [-0.39, 0.29) is 0 Å². The highest BCUT2D eigenvalue weighted by molar-refractivity contribution is 6.68. The van der Waals surface area contributed by atoms with Gasteiger partial charge in [0.2, 0.25) is 0 Å². The Morgan fingerprint density at radius 2 is 1.67 bits per heavy atom. The predicted octanol–water partition coefficient (Wildman–Crippen LogP) is 2.98. The van der Waals surface area contributed by atoms with Crippen molar-refractivity contribution in [2.24, 2.45) is 0 Å². The van der Waals surface area contributed by atoms with E-state index in [1.165, 1.54) is 27.6 Å². The zero-order chi connectivity index (χ0) is 16.5. The van der Waals surface area contributed by atoms with Crippen molar-refractivity contribution >= 4 is 29.5 Å². The molecule has 0 unspecified atom stereocenters. The van der Waals surface area contributed by atoms with Gasteiger partial charge in [0.15, 0.2) is 7.28 Å². The quantitative estimate of drug-likeness (QED) is 0.737. The van der Waals surface area contributed by atoms with E-state index in [4.69, 9.17) is 0 Å². The van der Waals surface area contributed by atoms with E-state index in [2.05, 4.69) is 84.5 Å². The summed E-state index contributed by atoms with van der Waals surface area (Å²) in [4.78, 5) is 5.39. The minimum atomic E-state index is 0.989. The van der Waals surface area contributed by atoms with Crippen molar-refractivity contribution in [2.75, 3.05) is 7.05 Å². The number of nitrogens with one attached hydrogen (secondary N) is 1. The fraction of sp³-hybridized carbons (Fsp3) is 0.0476. The standard InChI is InChI=1S/C21H18BN2/c1-15-21-18(12-13-23-21)19(14-24(15)2)17-10-6-7-11-20(17)22-16-8-4-3-5-9-16/h3-14,23H,1H2,2H3. The molecule has 4 rings (SSSR count). The van der Waals surface area contributed by atoms with E-state index < -0.39 is 0 Å². The van der Waals surface area contributed by atoms with Gasteiger partial charge in [0.1, 0.15) is 0 Å². The molecular formula is C21H18BN2. The van der Waals surface area contributed by atoms with Crippen molar-refractivity contribution in [3.05, 3.63) is 96.5 Å². The molecule has 0 aliphatic carbocycles. The molecule has 2 heterocycles. The molecule has 1 radical (unpaired) electrons. The van der Waals surface area contributed by atoms with Gasteiger partial charge in [0.25, 0.3) is 0 Å². The van der Waals surface area contributed by atoms with E-state index >= 15 is 0 Å². The van der Waals surface area contributed by atoms with Crippen LogP contribution in [0, 0.1) is 0 Å². The summed E-state index contributed by atoms with van der Waals surface area (Å²) >= 11 is 0. The van der Waals surface area contributed by atoms with Gasteiger partial charge in [-0.2, -0.15) is 0 Å². The molecule has 3 heteroatoms. The summed E-state index contributed by atoms with van der Waals surface area (Å²) in [6.45, 7) is 4.17. The lowest BCUT2D eigenvalue weighted by Gasteiger charge is -2.26. The minimum absolute atomic E-state index is 0.989. The Labute approximate surface area is 143 Å². The molecule has 0 fully saturated rings. The molecule has 1 N–H and O–H groups in total. The smallest absolute Gasteiger partial charge is 0.192 e. The van der Waals surface area contributed by atoms with Crippen LogP contribution in [0.1, 0.15) is 16.8 Å². The third kappa shape index (κ3) is 2.48. The average molecular weight is 309 g/mol. The number of rotatable bonds is 3. The fourth-order valence-corrected chi connectivity index (χ4v) is 3.16. The first kappa shape index (κ1) is 14.6. The molecule has 0 atom stereocenters. The lowest BCUT2D eigenvalue weighted by atomic mass is 9.61. The normalized spacial score (nSPS) is 13.5. The Bertz CT molecular complexity index is 922. The van der Waals surface area contributed by atoms with Crippen LogP contribution in [0.3, 0.4) is 0 Å². The summed E-state index contributed by atoms with van der Waals surface area (Å²) in [5.41, 5.74) is 8.13. The number of hydrogen-bond donors (Lipinski definition) is 1. The van der Waals surface area contributed by atoms with Crippen LogP contribution in [0.5, 0.6) is 0 Å². The third-order valence-electron chi connectivity index (χ3n) is 4.45. The number of hydrogen-bond acceptors (Lipinski definition) is 1. The van der Waals surface area contributed by atoms with Crippen molar-refractivity contribution in [3.8, 4) is 0 Å². The second-order valence-corrected chi connectivity index (χ2v) is 6.01. The third-order valence-corrected chi connectivity index (χ3v) is 4.45. The van der Waals surface area contributed by atoms with Crippen LogP contribution in [-0.4, -0.2) is 24.2 Å². The maximum Gasteiger partial charge on any atom is 0.192 e. The molecule has 0 saturated carbocycles. The van der Waals surface area contributed by atoms with Crippen LogP contribution < -0.4 is 10.9 Å². The highest BCUT2D eigenvalue weighted by Gasteiger charge is 2.22. The largest absolute Gasteiger partial charge is 0.359 e. The number of fused-ring (bicyclic) bond motifs is 1. The number of H-pyrrole nitrogens is 1. The molecule has 115 valence electrons. The molecule has 2 aromatic carbocycles. The minimum Gasteiger partial charge on any atom is -0.359 e. The predicted molar refractivity (Wildman–Crippen MR) is 103 cm³/mol. The van der Waals surface area contributed by atoms with Crippen molar-refractivity contribution in [3.63, 3.8) is 0 Å². The van der Waals surface area contributed by atoms with E-state index in [1.54, 1.807) is 0 Å². The van der Waals surface area contributed by atoms with E-state index in [0.29, 0.717) is 0 Å². The second-order valence-electron chi connectivity index (χ2n) is 6.01. The summed E-state index contributed by atoms with van der Waals surface area (Å²) in [5.74, 6) is 0. The van der Waals surface area contributed by atoms with Gasteiger partial charge in [-0.05, 0) is 11.6 Å². The highest BCUT2D eigenvalue weighted by Crippen LogP contribution is 2.34. The van der Waals surface area contributed by atoms with Crippen LogP contribution in [0.15, 0.2) is 79.6 Å². The van der Waals surface area contributed by atoms with Crippen molar-refractivity contribution in [1.29, 1.82) is 0 Å². The van der Waals surface area contributed by atoms with Gasteiger partial charge < -0.3 is 9.88 Å². The summed E-state index contributed by atoms with van der Waals surface area (Å²) in [6, 6.07) is 21.1.